The number of benzene rings is 1. The van der Waals surface area contributed by atoms with Crippen molar-refractivity contribution in [2.45, 2.75) is 25.8 Å². The van der Waals surface area contributed by atoms with Crippen LogP contribution in [0.1, 0.15) is 19.4 Å². The van der Waals surface area contributed by atoms with Gasteiger partial charge in [0.05, 0.1) is 11.3 Å². The van der Waals surface area contributed by atoms with Crippen molar-refractivity contribution in [3.8, 4) is 0 Å². The summed E-state index contributed by atoms with van der Waals surface area (Å²) in [6, 6.07) is 5.59. The molecule has 7 nitrogen and oxygen atoms in total. The van der Waals surface area contributed by atoms with E-state index in [1.54, 1.807) is 0 Å². The topological polar surface area (TPSA) is 101 Å². The highest BCUT2D eigenvalue weighted by Gasteiger charge is 2.34. The van der Waals surface area contributed by atoms with E-state index < -0.39 is 16.4 Å². The lowest BCUT2D eigenvalue weighted by Crippen LogP contribution is -2.51. The molecule has 1 rings (SSSR count). The minimum atomic E-state index is -1.31. The van der Waals surface area contributed by atoms with E-state index in [4.69, 9.17) is 5.11 Å². The number of amides is 1. The molecule has 1 aromatic rings. The van der Waals surface area contributed by atoms with Crippen LogP contribution in [0, 0.1) is 10.1 Å². The molecule has 0 heterocycles. The Kier molecular flexibility index (Phi) is 4.44. The van der Waals surface area contributed by atoms with Gasteiger partial charge in [-0.15, -0.1) is 0 Å². The molecule has 0 spiro atoms. The van der Waals surface area contributed by atoms with Gasteiger partial charge in [-0.1, -0.05) is 12.1 Å². The Balaban J connectivity index is 2.80. The molecule has 20 heavy (non-hydrogen) atoms. The predicted octanol–water partition coefficient (Wildman–Crippen LogP) is 1.46. The number of carboxylic acid groups (broad SMARTS) is 1. The molecule has 0 radical (unpaired) electrons. The number of nitrogens with zero attached hydrogens (tertiary/aromatic N) is 2. The number of carboxylic acids is 1. The molecular weight excluding hydrogens is 264 g/mol. The minimum absolute atomic E-state index is 0.00873. The fraction of sp³-hybridized carbons (Fsp3) is 0.385. The van der Waals surface area contributed by atoms with Gasteiger partial charge in [0.2, 0.25) is 5.91 Å². The van der Waals surface area contributed by atoms with Crippen LogP contribution in [0.5, 0.6) is 0 Å². The van der Waals surface area contributed by atoms with Crippen LogP contribution < -0.4 is 0 Å². The predicted molar refractivity (Wildman–Crippen MR) is 71.3 cm³/mol. The number of hydrogen-bond acceptors (Lipinski definition) is 4. The smallest absolute Gasteiger partial charge is 0.329 e. The summed E-state index contributed by atoms with van der Waals surface area (Å²) >= 11 is 0. The molecular formula is C13H16N2O5. The summed E-state index contributed by atoms with van der Waals surface area (Å²) in [7, 11) is 1.42. The zero-order valence-corrected chi connectivity index (χ0v) is 11.5. The van der Waals surface area contributed by atoms with Crippen LogP contribution in [-0.4, -0.2) is 39.4 Å². The SMILES string of the molecule is CN(C(=O)Cc1ccc([N+](=O)[O-])cc1)C(C)(C)C(=O)O. The zero-order chi connectivity index (χ0) is 15.5. The highest BCUT2D eigenvalue weighted by molar-refractivity contribution is 5.87. The van der Waals surface area contributed by atoms with Gasteiger partial charge in [0.25, 0.3) is 5.69 Å². The van der Waals surface area contributed by atoms with Crippen LogP contribution in [0.3, 0.4) is 0 Å². The van der Waals surface area contributed by atoms with Gasteiger partial charge in [0.15, 0.2) is 0 Å². The van der Waals surface area contributed by atoms with Crippen LogP contribution in [0.15, 0.2) is 24.3 Å². The number of nitro groups is 1. The summed E-state index contributed by atoms with van der Waals surface area (Å²) in [6.07, 6.45) is -0.00873. The highest BCUT2D eigenvalue weighted by atomic mass is 16.6. The number of rotatable bonds is 5. The Morgan fingerprint density at radius 3 is 2.20 bits per heavy atom. The van der Waals surface area contributed by atoms with Crippen molar-refractivity contribution >= 4 is 17.6 Å². The maximum atomic E-state index is 12.0. The quantitative estimate of drug-likeness (QED) is 0.650. The minimum Gasteiger partial charge on any atom is -0.480 e. The zero-order valence-electron chi connectivity index (χ0n) is 11.5. The van der Waals surface area contributed by atoms with E-state index in [-0.39, 0.29) is 18.0 Å². The van der Waals surface area contributed by atoms with Crippen molar-refractivity contribution in [2.75, 3.05) is 7.05 Å². The molecule has 1 amide bonds. The van der Waals surface area contributed by atoms with Crippen LogP contribution in [0.4, 0.5) is 5.69 Å². The fourth-order valence-electron chi connectivity index (χ4n) is 1.48. The van der Waals surface area contributed by atoms with Gasteiger partial charge in [0, 0.05) is 19.2 Å². The average Bonchev–Trinajstić information content (AvgIpc) is 2.38. The number of nitro benzene ring substituents is 1. The lowest BCUT2D eigenvalue weighted by molar-refractivity contribution is -0.384. The maximum absolute atomic E-state index is 12.0. The summed E-state index contributed by atoms with van der Waals surface area (Å²) in [6.45, 7) is 2.87. The number of carbonyl (C=O) groups excluding carboxylic acids is 1. The van der Waals surface area contributed by atoms with Crippen molar-refractivity contribution in [1.29, 1.82) is 0 Å². The Bertz CT molecular complexity index is 536. The molecule has 0 saturated carbocycles. The molecule has 0 aliphatic heterocycles. The van der Waals surface area contributed by atoms with Crippen LogP contribution >= 0.6 is 0 Å². The summed E-state index contributed by atoms with van der Waals surface area (Å²) in [4.78, 5) is 34.2. The molecule has 0 aliphatic carbocycles. The van der Waals surface area contributed by atoms with Gasteiger partial charge in [-0.25, -0.2) is 4.79 Å². The van der Waals surface area contributed by atoms with Crippen LogP contribution in [0.25, 0.3) is 0 Å². The first-order valence-electron chi connectivity index (χ1n) is 5.89. The lowest BCUT2D eigenvalue weighted by atomic mass is 10.0. The monoisotopic (exact) mass is 280 g/mol. The number of carbonyl (C=O) groups is 2. The first-order valence-corrected chi connectivity index (χ1v) is 5.89. The van der Waals surface area contributed by atoms with Crippen molar-refractivity contribution in [3.05, 3.63) is 39.9 Å². The highest BCUT2D eigenvalue weighted by Crippen LogP contribution is 2.16. The molecule has 0 unspecified atom stereocenters. The molecule has 1 aromatic carbocycles. The standard InChI is InChI=1S/C13H16N2O5/c1-13(2,12(17)18)14(3)11(16)8-9-4-6-10(7-5-9)15(19)20/h4-7H,8H2,1-3H3,(H,17,18). The normalized spacial score (nSPS) is 10.9. The third-order valence-corrected chi connectivity index (χ3v) is 3.24. The van der Waals surface area contributed by atoms with Gasteiger partial charge in [-0.05, 0) is 19.4 Å². The first kappa shape index (κ1) is 15.6. The number of hydrogen-bond donors (Lipinski definition) is 1. The van der Waals surface area contributed by atoms with E-state index in [1.165, 1.54) is 45.2 Å². The van der Waals surface area contributed by atoms with E-state index in [9.17, 15) is 19.7 Å². The molecule has 0 aromatic heterocycles. The van der Waals surface area contributed by atoms with Crippen LogP contribution in [-0.2, 0) is 16.0 Å². The van der Waals surface area contributed by atoms with Gasteiger partial charge in [-0.2, -0.15) is 0 Å². The second-order valence-electron chi connectivity index (χ2n) is 4.92. The van der Waals surface area contributed by atoms with Crippen molar-refractivity contribution < 1.29 is 19.6 Å². The molecule has 7 heteroatoms. The second kappa shape index (κ2) is 5.68. The first-order chi connectivity index (χ1) is 9.16. The van der Waals surface area contributed by atoms with E-state index in [2.05, 4.69) is 0 Å². The van der Waals surface area contributed by atoms with E-state index in [0.29, 0.717) is 5.56 Å². The van der Waals surface area contributed by atoms with Gasteiger partial charge >= 0.3 is 5.97 Å². The van der Waals surface area contributed by atoms with Crippen molar-refractivity contribution in [1.82, 2.24) is 4.90 Å². The molecule has 1 N–H and O–H groups in total. The van der Waals surface area contributed by atoms with E-state index in [0.717, 1.165) is 4.90 Å². The summed E-state index contributed by atoms with van der Waals surface area (Å²) in [5.74, 6) is -1.47. The third-order valence-electron chi connectivity index (χ3n) is 3.24. The lowest BCUT2D eigenvalue weighted by Gasteiger charge is -2.31. The molecule has 0 atom stereocenters. The summed E-state index contributed by atoms with van der Waals surface area (Å²) in [5.41, 5.74) is -0.772. The molecule has 0 bridgehead atoms. The third kappa shape index (κ3) is 3.31. The summed E-state index contributed by atoms with van der Waals surface area (Å²) in [5, 5.41) is 19.6. The van der Waals surface area contributed by atoms with Gasteiger partial charge < -0.3 is 10.0 Å². The molecule has 0 saturated heterocycles. The largest absolute Gasteiger partial charge is 0.480 e. The molecule has 0 aliphatic rings. The van der Waals surface area contributed by atoms with Crippen LogP contribution in [0.2, 0.25) is 0 Å². The Morgan fingerprint density at radius 2 is 1.80 bits per heavy atom. The van der Waals surface area contributed by atoms with E-state index in [1.807, 2.05) is 0 Å². The Morgan fingerprint density at radius 1 is 1.30 bits per heavy atom. The Labute approximate surface area is 116 Å². The number of non-ortho nitro benzene ring substituents is 1. The maximum Gasteiger partial charge on any atom is 0.329 e. The fourth-order valence-corrected chi connectivity index (χ4v) is 1.48. The van der Waals surface area contributed by atoms with Gasteiger partial charge in [0.1, 0.15) is 5.54 Å². The molecule has 0 fully saturated rings. The summed E-state index contributed by atoms with van der Waals surface area (Å²) < 4.78 is 0. The molecule has 108 valence electrons. The average molecular weight is 280 g/mol. The van der Waals surface area contributed by atoms with Gasteiger partial charge in [-0.3, -0.25) is 14.9 Å². The second-order valence-corrected chi connectivity index (χ2v) is 4.92. The van der Waals surface area contributed by atoms with Crippen molar-refractivity contribution in [3.63, 3.8) is 0 Å². The van der Waals surface area contributed by atoms with E-state index >= 15 is 0 Å². The number of aliphatic carboxylic acids is 1. The number of likely N-dealkylation sites (N-methyl/N-ethyl adjacent to an activating group) is 1. The van der Waals surface area contributed by atoms with Crippen molar-refractivity contribution in [2.24, 2.45) is 0 Å². The Hall–Kier alpha value is -2.44.